The van der Waals surface area contributed by atoms with Gasteiger partial charge in [-0.25, -0.2) is 13.2 Å². The van der Waals surface area contributed by atoms with Gasteiger partial charge in [0.15, 0.2) is 0 Å². The molecular weight excluding hydrogens is 448 g/mol. The summed E-state index contributed by atoms with van der Waals surface area (Å²) in [5.74, 6) is -1.02. The van der Waals surface area contributed by atoms with Gasteiger partial charge in [-0.2, -0.15) is 0 Å². The van der Waals surface area contributed by atoms with Crippen molar-refractivity contribution in [1.29, 1.82) is 0 Å². The van der Waals surface area contributed by atoms with Gasteiger partial charge in [-0.1, -0.05) is 17.7 Å². The molecule has 1 heterocycles. The molecule has 1 amide bonds. The maximum absolute atomic E-state index is 12.6. The number of rotatable bonds is 6. The topological polar surface area (TPSA) is 92.8 Å². The van der Waals surface area contributed by atoms with Crippen LogP contribution in [-0.4, -0.2) is 34.5 Å². The number of esters is 1. The average molecular weight is 465 g/mol. The third kappa shape index (κ3) is 4.48. The molecule has 156 valence electrons. The summed E-state index contributed by atoms with van der Waals surface area (Å²) in [6, 6.07) is 13.7. The molecule has 3 aromatic rings. The molecule has 2 aromatic carbocycles. The summed E-state index contributed by atoms with van der Waals surface area (Å²) in [5.41, 5.74) is 1.20. The minimum atomic E-state index is -3.66. The van der Waals surface area contributed by atoms with E-state index in [-0.39, 0.29) is 20.5 Å². The number of anilines is 2. The summed E-state index contributed by atoms with van der Waals surface area (Å²) >= 11 is 7.23. The molecule has 1 aromatic heterocycles. The molecule has 0 aliphatic carbocycles. The predicted molar refractivity (Wildman–Crippen MR) is 117 cm³/mol. The fraction of sp³-hybridized carbons (Fsp3) is 0.100. The summed E-state index contributed by atoms with van der Waals surface area (Å²) in [7, 11) is -0.958. The number of nitrogens with zero attached hydrogens (tertiary/aromatic N) is 1. The number of hydrogen-bond acceptors (Lipinski definition) is 6. The smallest absolute Gasteiger partial charge is 0.337 e. The molecule has 0 saturated heterocycles. The lowest BCUT2D eigenvalue weighted by atomic mass is 10.1. The molecule has 0 fully saturated rings. The van der Waals surface area contributed by atoms with Crippen molar-refractivity contribution >= 4 is 56.2 Å². The Morgan fingerprint density at radius 2 is 1.73 bits per heavy atom. The lowest BCUT2D eigenvalue weighted by Crippen LogP contribution is -2.25. The second-order valence-electron chi connectivity index (χ2n) is 6.09. The van der Waals surface area contributed by atoms with Crippen LogP contribution in [0.25, 0.3) is 0 Å². The van der Waals surface area contributed by atoms with E-state index in [1.54, 1.807) is 11.4 Å². The zero-order valence-electron chi connectivity index (χ0n) is 16.0. The Morgan fingerprint density at radius 3 is 2.33 bits per heavy atom. The Balaban J connectivity index is 1.78. The Hall–Kier alpha value is -2.88. The van der Waals surface area contributed by atoms with Crippen molar-refractivity contribution in [2.75, 3.05) is 23.8 Å². The summed E-state index contributed by atoms with van der Waals surface area (Å²) in [6.07, 6.45) is 0. The Morgan fingerprint density at radius 1 is 1.07 bits per heavy atom. The molecule has 0 atom stereocenters. The molecule has 0 spiro atoms. The van der Waals surface area contributed by atoms with Crippen molar-refractivity contribution in [2.45, 2.75) is 4.21 Å². The number of amides is 1. The van der Waals surface area contributed by atoms with Gasteiger partial charge >= 0.3 is 5.97 Å². The van der Waals surface area contributed by atoms with Crippen LogP contribution in [0.15, 0.2) is 64.2 Å². The minimum absolute atomic E-state index is 0.229. The number of carbonyl (C=O) groups excluding carboxylic acids is 2. The lowest BCUT2D eigenvalue weighted by molar-refractivity contribution is 0.0600. The standard InChI is InChI=1S/C20H17ClN2O5S2/c1-23(30(26,27)18-4-3-11-29-18)15-8-5-13(6-9-15)19(24)22-17-12-14(20(25)28-2)7-10-16(17)21/h3-12H,1-2H3,(H,22,24). The number of hydrogen-bond donors (Lipinski definition) is 1. The van der Waals surface area contributed by atoms with Crippen LogP contribution in [0, 0.1) is 0 Å². The number of ether oxygens (including phenoxy) is 1. The van der Waals surface area contributed by atoms with E-state index >= 15 is 0 Å². The molecule has 0 unspecified atom stereocenters. The molecule has 0 bridgehead atoms. The van der Waals surface area contributed by atoms with Crippen LogP contribution in [0.4, 0.5) is 11.4 Å². The lowest BCUT2D eigenvalue weighted by Gasteiger charge is -2.18. The highest BCUT2D eigenvalue weighted by molar-refractivity contribution is 7.94. The fourth-order valence-electron chi connectivity index (χ4n) is 2.57. The number of benzene rings is 2. The number of methoxy groups -OCH3 is 1. The third-order valence-electron chi connectivity index (χ3n) is 4.24. The highest BCUT2D eigenvalue weighted by atomic mass is 35.5. The van der Waals surface area contributed by atoms with Gasteiger partial charge < -0.3 is 10.1 Å². The predicted octanol–water partition coefficient (Wildman–Crippen LogP) is 4.27. The van der Waals surface area contributed by atoms with Crippen molar-refractivity contribution in [2.24, 2.45) is 0 Å². The number of thiophene rings is 1. The van der Waals surface area contributed by atoms with Crippen molar-refractivity contribution in [3.8, 4) is 0 Å². The van der Waals surface area contributed by atoms with Gasteiger partial charge in [0.05, 0.1) is 29.1 Å². The van der Waals surface area contributed by atoms with Gasteiger partial charge in [-0.15, -0.1) is 11.3 Å². The molecule has 30 heavy (non-hydrogen) atoms. The monoisotopic (exact) mass is 464 g/mol. The van der Waals surface area contributed by atoms with E-state index in [9.17, 15) is 18.0 Å². The molecule has 10 heteroatoms. The molecule has 0 radical (unpaired) electrons. The first-order chi connectivity index (χ1) is 14.2. The summed E-state index contributed by atoms with van der Waals surface area (Å²) in [5, 5.41) is 4.59. The van der Waals surface area contributed by atoms with Gasteiger partial charge in [0.2, 0.25) is 0 Å². The molecular formula is C20H17ClN2O5S2. The quantitative estimate of drug-likeness (QED) is 0.550. The number of nitrogens with one attached hydrogen (secondary N) is 1. The first-order valence-electron chi connectivity index (χ1n) is 8.56. The fourth-order valence-corrected chi connectivity index (χ4v) is 5.09. The van der Waals surface area contributed by atoms with E-state index in [4.69, 9.17) is 11.6 Å². The van der Waals surface area contributed by atoms with Crippen LogP contribution in [0.3, 0.4) is 0 Å². The highest BCUT2D eigenvalue weighted by Crippen LogP contribution is 2.27. The summed E-state index contributed by atoms with van der Waals surface area (Å²) < 4.78 is 31.3. The van der Waals surface area contributed by atoms with E-state index in [2.05, 4.69) is 10.1 Å². The summed E-state index contributed by atoms with van der Waals surface area (Å²) in [4.78, 5) is 24.2. The first-order valence-corrected chi connectivity index (χ1v) is 11.3. The molecule has 1 N–H and O–H groups in total. The third-order valence-corrected chi connectivity index (χ3v) is 7.73. The van der Waals surface area contributed by atoms with Gasteiger partial charge in [-0.3, -0.25) is 9.10 Å². The second-order valence-corrected chi connectivity index (χ2v) is 9.64. The molecule has 0 aliphatic rings. The summed E-state index contributed by atoms with van der Waals surface area (Å²) in [6.45, 7) is 0. The maximum Gasteiger partial charge on any atom is 0.337 e. The van der Waals surface area contributed by atoms with E-state index in [1.807, 2.05) is 0 Å². The number of carbonyl (C=O) groups is 2. The van der Waals surface area contributed by atoms with E-state index in [0.717, 1.165) is 15.6 Å². The molecule has 7 nitrogen and oxygen atoms in total. The number of sulfonamides is 1. The Labute approximate surface area is 182 Å². The van der Waals surface area contributed by atoms with Gasteiger partial charge in [0.1, 0.15) is 4.21 Å². The van der Waals surface area contributed by atoms with Crippen molar-refractivity contribution in [3.05, 3.63) is 76.1 Å². The second kappa shape index (κ2) is 8.86. The largest absolute Gasteiger partial charge is 0.465 e. The van der Waals surface area contributed by atoms with E-state index in [0.29, 0.717) is 11.3 Å². The zero-order chi connectivity index (χ0) is 21.9. The zero-order valence-corrected chi connectivity index (χ0v) is 18.3. The average Bonchev–Trinajstić information content (AvgIpc) is 3.30. The van der Waals surface area contributed by atoms with Gasteiger partial charge in [-0.05, 0) is 53.9 Å². The Kier molecular flexibility index (Phi) is 6.45. The maximum atomic E-state index is 12.6. The van der Waals surface area contributed by atoms with Gasteiger partial charge in [0, 0.05) is 12.6 Å². The van der Waals surface area contributed by atoms with Crippen LogP contribution in [0.1, 0.15) is 20.7 Å². The van der Waals surface area contributed by atoms with Gasteiger partial charge in [0.25, 0.3) is 15.9 Å². The molecule has 0 saturated carbocycles. The van der Waals surface area contributed by atoms with Crippen LogP contribution in [0.2, 0.25) is 5.02 Å². The number of halogens is 1. The minimum Gasteiger partial charge on any atom is -0.465 e. The Bertz CT molecular complexity index is 1180. The molecule has 0 aliphatic heterocycles. The van der Waals surface area contributed by atoms with Crippen LogP contribution in [0.5, 0.6) is 0 Å². The van der Waals surface area contributed by atoms with Crippen LogP contribution >= 0.6 is 22.9 Å². The van der Waals surface area contributed by atoms with Crippen molar-refractivity contribution in [1.82, 2.24) is 0 Å². The van der Waals surface area contributed by atoms with Crippen LogP contribution < -0.4 is 9.62 Å². The van der Waals surface area contributed by atoms with Crippen molar-refractivity contribution in [3.63, 3.8) is 0 Å². The van der Waals surface area contributed by atoms with E-state index in [1.165, 1.54) is 62.7 Å². The van der Waals surface area contributed by atoms with Crippen molar-refractivity contribution < 1.29 is 22.7 Å². The first kappa shape index (κ1) is 21.8. The van der Waals surface area contributed by atoms with Crippen LogP contribution in [-0.2, 0) is 14.8 Å². The normalized spacial score (nSPS) is 11.0. The SMILES string of the molecule is COC(=O)c1ccc(Cl)c(NC(=O)c2ccc(N(C)S(=O)(=O)c3cccs3)cc2)c1. The highest BCUT2D eigenvalue weighted by Gasteiger charge is 2.22. The van der Waals surface area contributed by atoms with E-state index < -0.39 is 21.9 Å². The molecule has 3 rings (SSSR count).